The van der Waals surface area contributed by atoms with Gasteiger partial charge in [-0.1, -0.05) is 25.8 Å². The Morgan fingerprint density at radius 2 is 1.75 bits per heavy atom. The van der Waals surface area contributed by atoms with Crippen LogP contribution in [0.3, 0.4) is 0 Å². The van der Waals surface area contributed by atoms with Crippen molar-refractivity contribution in [2.45, 2.75) is 26.2 Å². The van der Waals surface area contributed by atoms with Crippen LogP contribution in [0.4, 0.5) is 19.3 Å². The summed E-state index contributed by atoms with van der Waals surface area (Å²) in [6.45, 7) is 2.64. The lowest BCUT2D eigenvalue weighted by Gasteiger charge is -2.13. The number of methoxy groups -OCH3 is 1. The predicted octanol–water partition coefficient (Wildman–Crippen LogP) is 4.50. The molecule has 28 heavy (non-hydrogen) atoms. The molecule has 2 rings (SSSR count). The Hall–Kier alpha value is -3.16. The molecule has 0 radical (unpaired) electrons. The fourth-order valence-corrected chi connectivity index (χ4v) is 2.44. The van der Waals surface area contributed by atoms with Crippen molar-refractivity contribution in [2.24, 2.45) is 0 Å². The van der Waals surface area contributed by atoms with Crippen LogP contribution in [0.1, 0.15) is 36.5 Å². The minimum atomic E-state index is -1.18. The van der Waals surface area contributed by atoms with Crippen molar-refractivity contribution < 1.29 is 27.8 Å². The van der Waals surface area contributed by atoms with Crippen LogP contribution < -0.4 is 20.1 Å². The normalized spacial score (nSPS) is 10.3. The van der Waals surface area contributed by atoms with Crippen LogP contribution in [-0.2, 0) is 0 Å². The minimum Gasteiger partial charge on any atom is -0.493 e. The first kappa shape index (κ1) is 21.1. The van der Waals surface area contributed by atoms with Crippen molar-refractivity contribution in [2.75, 3.05) is 19.0 Å². The van der Waals surface area contributed by atoms with E-state index in [1.807, 2.05) is 5.32 Å². The van der Waals surface area contributed by atoms with Gasteiger partial charge in [0.2, 0.25) is 0 Å². The fourth-order valence-electron chi connectivity index (χ4n) is 2.44. The van der Waals surface area contributed by atoms with Crippen LogP contribution in [0.25, 0.3) is 0 Å². The number of nitrogens with one attached hydrogen (secondary N) is 2. The smallest absolute Gasteiger partial charge is 0.326 e. The van der Waals surface area contributed by atoms with Crippen molar-refractivity contribution >= 4 is 17.6 Å². The summed E-state index contributed by atoms with van der Waals surface area (Å²) < 4.78 is 38.1. The van der Waals surface area contributed by atoms with E-state index in [1.165, 1.54) is 13.2 Å². The van der Waals surface area contributed by atoms with Gasteiger partial charge in [0.1, 0.15) is 17.2 Å². The lowest BCUT2D eigenvalue weighted by Crippen LogP contribution is -2.35. The highest BCUT2D eigenvalue weighted by Crippen LogP contribution is 2.30. The number of benzene rings is 2. The standard InChI is InChI=1S/C20H22F2N2O4/c1-3-4-5-11-28-16-10-9-13(12-17(16)27-2)23-20(26)24-19(25)18-14(21)7-6-8-15(18)22/h6-10,12H,3-5,11H2,1-2H3,(H2,23,24,25,26). The molecular formula is C20H22F2N2O4. The number of amides is 3. The van der Waals surface area contributed by atoms with Gasteiger partial charge in [-0.3, -0.25) is 10.1 Å². The van der Waals surface area contributed by atoms with E-state index in [1.54, 1.807) is 12.1 Å². The summed E-state index contributed by atoms with van der Waals surface area (Å²) in [5, 5.41) is 4.29. The fraction of sp³-hybridized carbons (Fsp3) is 0.300. The zero-order valence-electron chi connectivity index (χ0n) is 15.7. The molecule has 0 saturated carbocycles. The quantitative estimate of drug-likeness (QED) is 0.649. The van der Waals surface area contributed by atoms with Gasteiger partial charge < -0.3 is 14.8 Å². The van der Waals surface area contributed by atoms with E-state index < -0.39 is 29.1 Å². The van der Waals surface area contributed by atoms with E-state index in [-0.39, 0.29) is 0 Å². The molecule has 150 valence electrons. The van der Waals surface area contributed by atoms with Gasteiger partial charge in [-0.25, -0.2) is 13.6 Å². The molecule has 6 nitrogen and oxygen atoms in total. The maximum absolute atomic E-state index is 13.6. The molecule has 2 aromatic rings. The van der Waals surface area contributed by atoms with Gasteiger partial charge in [0, 0.05) is 11.8 Å². The molecule has 2 aromatic carbocycles. The minimum absolute atomic E-state index is 0.317. The number of carbonyl (C=O) groups excluding carboxylic acids is 2. The number of carbonyl (C=O) groups is 2. The third kappa shape index (κ3) is 5.67. The second-order valence-corrected chi connectivity index (χ2v) is 5.93. The largest absolute Gasteiger partial charge is 0.493 e. The first-order chi connectivity index (χ1) is 13.5. The highest BCUT2D eigenvalue weighted by molar-refractivity contribution is 6.08. The van der Waals surface area contributed by atoms with Crippen LogP contribution in [-0.4, -0.2) is 25.7 Å². The Balaban J connectivity index is 2.00. The molecule has 0 unspecified atom stereocenters. The maximum Gasteiger partial charge on any atom is 0.326 e. The number of unbranched alkanes of at least 4 members (excludes halogenated alkanes) is 2. The number of ether oxygens (including phenoxy) is 2. The van der Waals surface area contributed by atoms with Crippen LogP contribution in [0.2, 0.25) is 0 Å². The maximum atomic E-state index is 13.6. The molecule has 0 aliphatic heterocycles. The molecule has 3 amide bonds. The van der Waals surface area contributed by atoms with E-state index in [4.69, 9.17) is 9.47 Å². The molecule has 0 bridgehead atoms. The summed E-state index contributed by atoms with van der Waals surface area (Å²) in [5.41, 5.74) is -0.511. The van der Waals surface area contributed by atoms with Gasteiger partial charge in [0.05, 0.1) is 13.7 Å². The Bertz CT molecular complexity index is 823. The Kier molecular flexibility index (Phi) is 7.74. The van der Waals surface area contributed by atoms with Gasteiger partial charge >= 0.3 is 6.03 Å². The van der Waals surface area contributed by atoms with Gasteiger partial charge in [0.15, 0.2) is 11.5 Å². The van der Waals surface area contributed by atoms with Crippen molar-refractivity contribution in [1.82, 2.24) is 5.32 Å². The second kappa shape index (κ2) is 10.2. The SMILES string of the molecule is CCCCCOc1ccc(NC(=O)NC(=O)c2c(F)cccc2F)cc1OC. The van der Waals surface area contributed by atoms with Gasteiger partial charge in [0.25, 0.3) is 5.91 Å². The summed E-state index contributed by atoms with van der Waals surface area (Å²) in [4.78, 5) is 23.9. The third-order valence-electron chi connectivity index (χ3n) is 3.84. The van der Waals surface area contributed by atoms with Gasteiger partial charge in [-0.2, -0.15) is 0 Å². The second-order valence-electron chi connectivity index (χ2n) is 5.93. The number of urea groups is 1. The average molecular weight is 392 g/mol. The zero-order valence-corrected chi connectivity index (χ0v) is 15.7. The molecular weight excluding hydrogens is 370 g/mol. The van der Waals surface area contributed by atoms with Crippen molar-refractivity contribution in [3.63, 3.8) is 0 Å². The molecule has 0 fully saturated rings. The third-order valence-corrected chi connectivity index (χ3v) is 3.84. The van der Waals surface area contributed by atoms with Crippen LogP contribution in [0.15, 0.2) is 36.4 Å². The summed E-state index contributed by atoms with van der Waals surface area (Å²) >= 11 is 0. The number of anilines is 1. The Labute approximate surface area is 161 Å². The molecule has 0 atom stereocenters. The van der Waals surface area contributed by atoms with Crippen molar-refractivity contribution in [3.8, 4) is 11.5 Å². The van der Waals surface area contributed by atoms with Crippen LogP contribution >= 0.6 is 0 Å². The monoisotopic (exact) mass is 392 g/mol. The van der Waals surface area contributed by atoms with Gasteiger partial charge in [-0.15, -0.1) is 0 Å². The Morgan fingerprint density at radius 3 is 2.39 bits per heavy atom. The molecule has 0 spiro atoms. The summed E-state index contributed by atoms with van der Waals surface area (Å²) in [6.07, 6.45) is 3.05. The summed E-state index contributed by atoms with van der Waals surface area (Å²) in [7, 11) is 1.46. The van der Waals surface area contributed by atoms with Crippen LogP contribution in [0, 0.1) is 11.6 Å². The number of halogens is 2. The van der Waals surface area contributed by atoms with E-state index in [0.717, 1.165) is 37.5 Å². The molecule has 2 N–H and O–H groups in total. The van der Waals surface area contributed by atoms with Crippen LogP contribution in [0.5, 0.6) is 11.5 Å². The lowest BCUT2D eigenvalue weighted by atomic mass is 10.2. The number of rotatable bonds is 8. The first-order valence-electron chi connectivity index (χ1n) is 8.83. The zero-order chi connectivity index (χ0) is 20.5. The van der Waals surface area contributed by atoms with E-state index in [9.17, 15) is 18.4 Å². The van der Waals surface area contributed by atoms with Gasteiger partial charge in [-0.05, 0) is 30.7 Å². The number of imide groups is 1. The molecule has 0 aliphatic rings. The number of hydrogen-bond acceptors (Lipinski definition) is 4. The first-order valence-corrected chi connectivity index (χ1v) is 8.83. The summed E-state index contributed by atoms with van der Waals surface area (Å²) in [6, 6.07) is 6.75. The molecule has 0 saturated heterocycles. The highest BCUT2D eigenvalue weighted by Gasteiger charge is 2.19. The highest BCUT2D eigenvalue weighted by atomic mass is 19.1. The molecule has 0 aromatic heterocycles. The Morgan fingerprint density at radius 1 is 1.04 bits per heavy atom. The lowest BCUT2D eigenvalue weighted by molar-refractivity contribution is 0.0959. The molecule has 0 aliphatic carbocycles. The van der Waals surface area contributed by atoms with E-state index in [2.05, 4.69) is 12.2 Å². The van der Waals surface area contributed by atoms with E-state index in [0.29, 0.717) is 23.8 Å². The predicted molar refractivity (Wildman–Crippen MR) is 101 cm³/mol. The number of hydrogen-bond donors (Lipinski definition) is 2. The van der Waals surface area contributed by atoms with Crippen molar-refractivity contribution in [3.05, 3.63) is 53.6 Å². The van der Waals surface area contributed by atoms with E-state index >= 15 is 0 Å². The summed E-state index contributed by atoms with van der Waals surface area (Å²) in [5.74, 6) is -2.38. The molecule has 8 heteroatoms. The average Bonchev–Trinajstić information content (AvgIpc) is 2.65. The molecule has 0 heterocycles. The van der Waals surface area contributed by atoms with Crippen molar-refractivity contribution in [1.29, 1.82) is 0 Å². The topological polar surface area (TPSA) is 76.7 Å².